The summed E-state index contributed by atoms with van der Waals surface area (Å²) in [7, 11) is 10.6. The van der Waals surface area contributed by atoms with E-state index in [2.05, 4.69) is 4.98 Å². The Kier molecular flexibility index (Phi) is 4.09. The van der Waals surface area contributed by atoms with Crippen LogP contribution in [0, 0.1) is 10.1 Å². The molecule has 0 bridgehead atoms. The molecule has 0 fully saturated rings. The minimum atomic E-state index is -0.530. The van der Waals surface area contributed by atoms with E-state index in [1.807, 2.05) is 0 Å². The summed E-state index contributed by atoms with van der Waals surface area (Å²) in [6.07, 6.45) is 3.19. The van der Waals surface area contributed by atoms with E-state index in [4.69, 9.17) is 12.6 Å². The van der Waals surface area contributed by atoms with Gasteiger partial charge in [0.05, 0.1) is 12.0 Å². The van der Waals surface area contributed by atoms with Gasteiger partial charge in [0.15, 0.2) is 0 Å². The molecule has 0 aromatic carbocycles. The first-order chi connectivity index (χ1) is 7.95. The summed E-state index contributed by atoms with van der Waals surface area (Å²) in [5.74, 6) is 0.175. The van der Waals surface area contributed by atoms with Crippen LogP contribution in [0.4, 0.5) is 5.69 Å². The fraction of sp³-hybridized carbons (Fsp3) is 0.300. The Morgan fingerprint density at radius 1 is 1.59 bits per heavy atom. The van der Waals surface area contributed by atoms with Gasteiger partial charge in [0.1, 0.15) is 13.5 Å². The average Bonchev–Trinajstić information content (AvgIpc) is 2.26. The summed E-state index contributed by atoms with van der Waals surface area (Å²) in [6.45, 7) is 0. The summed E-state index contributed by atoms with van der Waals surface area (Å²) in [5, 5.41) is 10.8. The highest BCUT2D eigenvalue weighted by molar-refractivity contribution is 6.34. The van der Waals surface area contributed by atoms with E-state index < -0.39 is 4.92 Å². The number of pyridine rings is 1. The van der Waals surface area contributed by atoms with Gasteiger partial charge in [0.25, 0.3) is 5.69 Å². The van der Waals surface area contributed by atoms with Crippen LogP contribution in [0.25, 0.3) is 6.08 Å². The molecule has 1 aromatic heterocycles. The number of aromatic nitrogens is 1. The van der Waals surface area contributed by atoms with Gasteiger partial charge < -0.3 is 9.64 Å². The summed E-state index contributed by atoms with van der Waals surface area (Å²) in [4.78, 5) is 16.0. The van der Waals surface area contributed by atoms with Gasteiger partial charge in [-0.3, -0.25) is 10.1 Å². The lowest BCUT2D eigenvalue weighted by atomic mass is 9.96. The van der Waals surface area contributed by atoms with Crippen molar-refractivity contribution in [3.05, 3.63) is 28.1 Å². The Hall–Kier alpha value is -2.05. The molecule has 1 rings (SSSR count). The molecule has 6 nitrogen and oxygen atoms in total. The van der Waals surface area contributed by atoms with Crippen LogP contribution in [-0.4, -0.2) is 43.9 Å². The van der Waals surface area contributed by atoms with Crippen LogP contribution in [0.5, 0.6) is 5.88 Å². The van der Waals surface area contributed by atoms with Crippen molar-refractivity contribution in [2.45, 2.75) is 0 Å². The van der Waals surface area contributed by atoms with E-state index in [1.165, 1.54) is 19.3 Å². The number of hydrogen-bond donors (Lipinski definition) is 0. The maximum atomic E-state index is 10.8. The Bertz CT molecular complexity index is 460. The van der Waals surface area contributed by atoms with E-state index in [0.29, 0.717) is 0 Å². The standard InChI is InChI=1S/C10H12BN3O3/c1-13(2)5-4-8-9(14(15)16)6-7(11)10(12-8)17-3/h4-6H,1-3H3/b5-4+. The lowest BCUT2D eigenvalue weighted by Gasteiger charge is -2.07. The summed E-state index contributed by atoms with van der Waals surface area (Å²) in [6, 6.07) is 1.24. The molecule has 2 radical (unpaired) electrons. The molecule has 0 amide bonds. The van der Waals surface area contributed by atoms with Crippen LogP contribution < -0.4 is 10.2 Å². The highest BCUT2D eigenvalue weighted by atomic mass is 16.6. The summed E-state index contributed by atoms with van der Waals surface area (Å²) >= 11 is 0. The van der Waals surface area contributed by atoms with Crippen molar-refractivity contribution in [1.29, 1.82) is 0 Å². The second-order valence-corrected chi connectivity index (χ2v) is 3.53. The quantitative estimate of drug-likeness (QED) is 0.425. The third-order valence-corrected chi connectivity index (χ3v) is 1.94. The van der Waals surface area contributed by atoms with Gasteiger partial charge in [0, 0.05) is 26.4 Å². The monoisotopic (exact) mass is 233 g/mol. The van der Waals surface area contributed by atoms with Crippen molar-refractivity contribution >= 4 is 25.1 Å². The van der Waals surface area contributed by atoms with Crippen molar-refractivity contribution in [3.63, 3.8) is 0 Å². The van der Waals surface area contributed by atoms with Crippen molar-refractivity contribution < 1.29 is 9.66 Å². The lowest BCUT2D eigenvalue weighted by molar-refractivity contribution is -0.385. The predicted molar refractivity (Wildman–Crippen MR) is 65.6 cm³/mol. The maximum absolute atomic E-state index is 10.8. The van der Waals surface area contributed by atoms with Crippen molar-refractivity contribution in [3.8, 4) is 5.88 Å². The first kappa shape index (κ1) is 13.0. The van der Waals surface area contributed by atoms with E-state index in [-0.39, 0.29) is 22.7 Å². The minimum Gasteiger partial charge on any atom is -0.481 e. The predicted octanol–water partition coefficient (Wildman–Crippen LogP) is 0.325. The Morgan fingerprint density at radius 2 is 2.24 bits per heavy atom. The highest BCUT2D eigenvalue weighted by Gasteiger charge is 2.16. The molecule has 1 heterocycles. The molecule has 0 unspecified atom stereocenters. The molecule has 0 aliphatic carbocycles. The fourth-order valence-corrected chi connectivity index (χ4v) is 1.17. The molecule has 88 valence electrons. The minimum absolute atomic E-state index is 0.140. The zero-order chi connectivity index (χ0) is 13.0. The molecule has 0 N–H and O–H groups in total. The Morgan fingerprint density at radius 3 is 2.71 bits per heavy atom. The van der Waals surface area contributed by atoms with Gasteiger partial charge in [-0.15, -0.1) is 0 Å². The van der Waals surface area contributed by atoms with Crippen LogP contribution in [0.15, 0.2) is 12.3 Å². The molecule has 1 aromatic rings. The molecule has 0 aliphatic rings. The van der Waals surface area contributed by atoms with E-state index in [1.54, 1.807) is 25.2 Å². The normalized spacial score (nSPS) is 10.5. The molecule has 0 saturated carbocycles. The topological polar surface area (TPSA) is 68.5 Å². The molecule has 0 saturated heterocycles. The highest BCUT2D eigenvalue weighted by Crippen LogP contribution is 2.19. The van der Waals surface area contributed by atoms with Gasteiger partial charge in [-0.1, -0.05) is 0 Å². The molecular formula is C10H12BN3O3. The molecule has 7 heteroatoms. The Balaban J connectivity index is 3.29. The first-order valence-electron chi connectivity index (χ1n) is 4.79. The lowest BCUT2D eigenvalue weighted by Crippen LogP contribution is -2.12. The van der Waals surface area contributed by atoms with E-state index >= 15 is 0 Å². The van der Waals surface area contributed by atoms with Gasteiger partial charge >= 0.3 is 0 Å². The molecule has 0 spiro atoms. The van der Waals surface area contributed by atoms with Crippen molar-refractivity contribution in [2.24, 2.45) is 0 Å². The first-order valence-corrected chi connectivity index (χ1v) is 4.79. The van der Waals surface area contributed by atoms with Gasteiger partial charge in [-0.2, -0.15) is 0 Å². The molecule has 17 heavy (non-hydrogen) atoms. The number of hydrogen-bond acceptors (Lipinski definition) is 5. The van der Waals surface area contributed by atoms with Gasteiger partial charge in [0.2, 0.25) is 5.88 Å². The zero-order valence-electron chi connectivity index (χ0n) is 9.88. The van der Waals surface area contributed by atoms with Crippen LogP contribution in [0.3, 0.4) is 0 Å². The number of methoxy groups -OCH3 is 1. The average molecular weight is 233 g/mol. The van der Waals surface area contributed by atoms with Crippen LogP contribution in [-0.2, 0) is 0 Å². The second kappa shape index (κ2) is 5.33. The second-order valence-electron chi connectivity index (χ2n) is 3.53. The number of nitrogens with zero attached hydrogens (tertiary/aromatic N) is 3. The van der Waals surface area contributed by atoms with Crippen molar-refractivity contribution in [1.82, 2.24) is 9.88 Å². The summed E-state index contributed by atoms with van der Waals surface area (Å²) in [5.41, 5.74) is 0.192. The number of ether oxygens (including phenoxy) is 1. The van der Waals surface area contributed by atoms with Gasteiger partial charge in [-0.25, -0.2) is 4.98 Å². The van der Waals surface area contributed by atoms with Crippen molar-refractivity contribution in [2.75, 3.05) is 21.2 Å². The number of rotatable bonds is 4. The SMILES string of the molecule is [B]c1cc([N+](=O)[O-])c(/C=C/N(C)C)nc1OC. The fourth-order valence-electron chi connectivity index (χ4n) is 1.17. The summed E-state index contributed by atoms with van der Waals surface area (Å²) < 4.78 is 4.92. The largest absolute Gasteiger partial charge is 0.481 e. The smallest absolute Gasteiger partial charge is 0.294 e. The Labute approximate surface area is 100 Å². The van der Waals surface area contributed by atoms with Gasteiger partial charge in [-0.05, 0) is 11.5 Å². The van der Waals surface area contributed by atoms with Crippen LogP contribution >= 0.6 is 0 Å². The maximum Gasteiger partial charge on any atom is 0.294 e. The molecular weight excluding hydrogens is 221 g/mol. The van der Waals surface area contributed by atoms with E-state index in [0.717, 1.165) is 0 Å². The van der Waals surface area contributed by atoms with Crippen LogP contribution in [0.1, 0.15) is 5.69 Å². The third-order valence-electron chi connectivity index (χ3n) is 1.94. The molecule has 0 atom stereocenters. The zero-order valence-corrected chi connectivity index (χ0v) is 9.88. The van der Waals surface area contributed by atoms with Crippen LogP contribution in [0.2, 0.25) is 0 Å². The third kappa shape index (κ3) is 3.20. The molecule has 0 aliphatic heterocycles. The number of nitro groups is 1. The van der Waals surface area contributed by atoms with E-state index in [9.17, 15) is 10.1 Å².